The third-order valence-corrected chi connectivity index (χ3v) is 5.13. The van der Waals surface area contributed by atoms with Gasteiger partial charge in [0, 0.05) is 6.42 Å². The van der Waals surface area contributed by atoms with E-state index in [4.69, 9.17) is 23.2 Å². The second kappa shape index (κ2) is 5.40. The van der Waals surface area contributed by atoms with Crippen LogP contribution in [0.2, 0.25) is 10.0 Å². The number of halogens is 2. The molecular formula is C15H20Cl2O. The van der Waals surface area contributed by atoms with Crippen LogP contribution in [0.15, 0.2) is 18.2 Å². The molecule has 0 spiro atoms. The van der Waals surface area contributed by atoms with Crippen molar-refractivity contribution in [2.45, 2.75) is 45.1 Å². The highest BCUT2D eigenvalue weighted by molar-refractivity contribution is 6.42. The lowest BCUT2D eigenvalue weighted by molar-refractivity contribution is -0.0522. The predicted octanol–water partition coefficient (Wildman–Crippen LogP) is 4.72. The van der Waals surface area contributed by atoms with Gasteiger partial charge in [-0.2, -0.15) is 0 Å². The van der Waals surface area contributed by atoms with Crippen LogP contribution in [-0.2, 0) is 6.42 Å². The van der Waals surface area contributed by atoms with Gasteiger partial charge in [-0.1, -0.05) is 49.2 Å². The highest BCUT2D eigenvalue weighted by Gasteiger charge is 2.38. The van der Waals surface area contributed by atoms with Gasteiger partial charge in [0.15, 0.2) is 0 Å². The average Bonchev–Trinajstić information content (AvgIpc) is 2.31. The van der Waals surface area contributed by atoms with Gasteiger partial charge in [-0.3, -0.25) is 0 Å². The fourth-order valence-electron chi connectivity index (χ4n) is 2.96. The molecule has 100 valence electrons. The zero-order valence-corrected chi connectivity index (χ0v) is 12.4. The lowest BCUT2D eigenvalue weighted by Crippen LogP contribution is -2.43. The third-order valence-electron chi connectivity index (χ3n) is 4.27. The summed E-state index contributed by atoms with van der Waals surface area (Å²) < 4.78 is 0. The Morgan fingerprint density at radius 2 is 2.06 bits per heavy atom. The minimum absolute atomic E-state index is 0.302. The van der Waals surface area contributed by atoms with E-state index in [0.717, 1.165) is 24.8 Å². The van der Waals surface area contributed by atoms with E-state index in [1.165, 1.54) is 0 Å². The molecule has 0 heterocycles. The highest BCUT2D eigenvalue weighted by atomic mass is 35.5. The van der Waals surface area contributed by atoms with Crippen molar-refractivity contribution in [3.63, 3.8) is 0 Å². The number of benzene rings is 1. The Bertz CT molecular complexity index is 433. The number of hydrogen-bond donors (Lipinski definition) is 1. The van der Waals surface area contributed by atoms with E-state index in [9.17, 15) is 5.11 Å². The molecule has 0 aliphatic heterocycles. The second-order valence-electron chi connectivity index (χ2n) is 5.77. The lowest BCUT2D eigenvalue weighted by atomic mass is 9.70. The van der Waals surface area contributed by atoms with Crippen molar-refractivity contribution in [1.82, 2.24) is 0 Å². The zero-order chi connectivity index (χ0) is 13.3. The van der Waals surface area contributed by atoms with E-state index in [0.29, 0.717) is 28.3 Å². The summed E-state index contributed by atoms with van der Waals surface area (Å²) in [5.74, 6) is 1.01. The van der Waals surface area contributed by atoms with Crippen molar-refractivity contribution in [2.24, 2.45) is 11.8 Å². The molecule has 18 heavy (non-hydrogen) atoms. The van der Waals surface area contributed by atoms with E-state index in [1.807, 2.05) is 12.1 Å². The number of rotatable bonds is 2. The molecule has 0 amide bonds. The molecule has 1 aliphatic carbocycles. The average molecular weight is 287 g/mol. The Kier molecular flexibility index (Phi) is 4.25. The summed E-state index contributed by atoms with van der Waals surface area (Å²) >= 11 is 12.2. The predicted molar refractivity (Wildman–Crippen MR) is 77.3 cm³/mol. The van der Waals surface area contributed by atoms with Gasteiger partial charge in [-0.25, -0.2) is 0 Å². The monoisotopic (exact) mass is 286 g/mol. The molecule has 3 unspecified atom stereocenters. The standard InChI is InChI=1S/C15H20Cl2O/c1-10-6-7-15(18,11(2)8-10)9-12-4-3-5-13(16)14(12)17/h3-5,10-11,18H,6-9H2,1-2H3. The van der Waals surface area contributed by atoms with Crippen molar-refractivity contribution in [3.05, 3.63) is 33.8 Å². The van der Waals surface area contributed by atoms with E-state index in [1.54, 1.807) is 6.07 Å². The van der Waals surface area contributed by atoms with Gasteiger partial charge in [0.05, 0.1) is 15.6 Å². The van der Waals surface area contributed by atoms with Crippen LogP contribution < -0.4 is 0 Å². The first-order valence-electron chi connectivity index (χ1n) is 6.57. The molecule has 0 radical (unpaired) electrons. The summed E-state index contributed by atoms with van der Waals surface area (Å²) in [5, 5.41) is 12.0. The first-order valence-corrected chi connectivity index (χ1v) is 7.33. The van der Waals surface area contributed by atoms with Crippen LogP contribution in [0, 0.1) is 11.8 Å². The molecule has 1 nitrogen and oxygen atoms in total. The van der Waals surface area contributed by atoms with Crippen LogP contribution in [-0.4, -0.2) is 10.7 Å². The molecule has 3 heteroatoms. The SMILES string of the molecule is CC1CCC(O)(Cc2cccc(Cl)c2Cl)C(C)C1. The maximum absolute atomic E-state index is 10.8. The van der Waals surface area contributed by atoms with Crippen LogP contribution >= 0.6 is 23.2 Å². The number of hydrogen-bond acceptors (Lipinski definition) is 1. The molecule has 1 saturated carbocycles. The molecule has 3 atom stereocenters. The van der Waals surface area contributed by atoms with Crippen LogP contribution in [0.3, 0.4) is 0 Å². The summed E-state index contributed by atoms with van der Waals surface area (Å²) in [6, 6.07) is 5.63. The van der Waals surface area contributed by atoms with Gasteiger partial charge < -0.3 is 5.11 Å². The molecule has 0 saturated heterocycles. The van der Waals surface area contributed by atoms with Crippen LogP contribution in [0.1, 0.15) is 38.7 Å². The normalized spacial score (nSPS) is 32.5. The van der Waals surface area contributed by atoms with Gasteiger partial charge in [-0.15, -0.1) is 0 Å². The maximum Gasteiger partial charge on any atom is 0.0714 e. The molecule has 2 rings (SSSR count). The van der Waals surface area contributed by atoms with Crippen molar-refractivity contribution in [2.75, 3.05) is 0 Å². The fraction of sp³-hybridized carbons (Fsp3) is 0.600. The summed E-state index contributed by atoms with van der Waals surface area (Å²) in [4.78, 5) is 0. The summed E-state index contributed by atoms with van der Waals surface area (Å²) in [5.41, 5.74) is 0.314. The van der Waals surface area contributed by atoms with Gasteiger partial charge in [-0.05, 0) is 42.7 Å². The number of aliphatic hydroxyl groups is 1. The lowest BCUT2D eigenvalue weighted by Gasteiger charge is -2.41. The second-order valence-corrected chi connectivity index (χ2v) is 6.56. The molecule has 1 N–H and O–H groups in total. The van der Waals surface area contributed by atoms with Crippen molar-refractivity contribution >= 4 is 23.2 Å². The van der Waals surface area contributed by atoms with Crippen molar-refractivity contribution in [3.8, 4) is 0 Å². The fourth-order valence-corrected chi connectivity index (χ4v) is 3.35. The summed E-state index contributed by atoms with van der Waals surface area (Å²) in [7, 11) is 0. The Morgan fingerprint density at radius 1 is 1.33 bits per heavy atom. The Morgan fingerprint density at radius 3 is 2.72 bits per heavy atom. The maximum atomic E-state index is 10.8. The van der Waals surface area contributed by atoms with Crippen LogP contribution in [0.4, 0.5) is 0 Å². The highest BCUT2D eigenvalue weighted by Crippen LogP contribution is 2.40. The quantitative estimate of drug-likeness (QED) is 0.834. The van der Waals surface area contributed by atoms with Gasteiger partial charge in [0.1, 0.15) is 0 Å². The topological polar surface area (TPSA) is 20.2 Å². The van der Waals surface area contributed by atoms with Crippen molar-refractivity contribution < 1.29 is 5.11 Å². The van der Waals surface area contributed by atoms with Crippen LogP contribution in [0.25, 0.3) is 0 Å². The minimum Gasteiger partial charge on any atom is -0.389 e. The molecular weight excluding hydrogens is 267 g/mol. The first-order chi connectivity index (χ1) is 8.42. The molecule has 0 bridgehead atoms. The Balaban J connectivity index is 2.20. The van der Waals surface area contributed by atoms with E-state index in [-0.39, 0.29) is 0 Å². The van der Waals surface area contributed by atoms with Crippen molar-refractivity contribution in [1.29, 1.82) is 0 Å². The minimum atomic E-state index is -0.638. The third kappa shape index (κ3) is 2.84. The summed E-state index contributed by atoms with van der Waals surface area (Å²) in [6.45, 7) is 4.39. The largest absolute Gasteiger partial charge is 0.389 e. The molecule has 1 aromatic rings. The van der Waals surface area contributed by atoms with E-state index < -0.39 is 5.60 Å². The molecule has 1 fully saturated rings. The van der Waals surface area contributed by atoms with Gasteiger partial charge in [0.2, 0.25) is 0 Å². The summed E-state index contributed by atoms with van der Waals surface area (Å²) in [6.07, 6.45) is 3.60. The van der Waals surface area contributed by atoms with Gasteiger partial charge in [0.25, 0.3) is 0 Å². The van der Waals surface area contributed by atoms with Crippen LogP contribution in [0.5, 0.6) is 0 Å². The van der Waals surface area contributed by atoms with E-state index in [2.05, 4.69) is 13.8 Å². The van der Waals surface area contributed by atoms with E-state index >= 15 is 0 Å². The smallest absolute Gasteiger partial charge is 0.0714 e. The molecule has 1 aliphatic rings. The Labute approximate surface area is 119 Å². The molecule has 0 aromatic heterocycles. The zero-order valence-electron chi connectivity index (χ0n) is 10.9. The first kappa shape index (κ1) is 14.2. The molecule has 1 aromatic carbocycles. The Hall–Kier alpha value is -0.240. The van der Waals surface area contributed by atoms with Gasteiger partial charge >= 0.3 is 0 Å².